The number of rotatable bonds is 4. The lowest BCUT2D eigenvalue weighted by molar-refractivity contribution is 0.669. The average molecular weight is 750 g/mol. The highest BCUT2D eigenvalue weighted by Gasteiger charge is 2.20. The van der Waals surface area contributed by atoms with E-state index in [9.17, 15) is 0 Å². The van der Waals surface area contributed by atoms with Crippen LogP contribution in [0, 0.1) is 0 Å². The van der Waals surface area contributed by atoms with E-state index in [2.05, 4.69) is 127 Å². The second-order valence-electron chi connectivity index (χ2n) is 15.5. The number of hydrogen-bond acceptors (Lipinski definition) is 4. The molecule has 0 fully saturated rings. The summed E-state index contributed by atoms with van der Waals surface area (Å²) in [6, 6.07) is 67.1. The summed E-state index contributed by atoms with van der Waals surface area (Å²) in [5.41, 5.74) is 6.47. The summed E-state index contributed by atoms with van der Waals surface area (Å²) in [7, 11) is 0. The number of aromatic nitrogens is 3. The van der Waals surface area contributed by atoms with Gasteiger partial charge in [-0.1, -0.05) is 158 Å². The van der Waals surface area contributed by atoms with Crippen LogP contribution in [0.5, 0.6) is 0 Å². The number of para-hydroxylation sites is 2. The molecule has 0 aliphatic rings. The minimum Gasteiger partial charge on any atom is -0.455 e. The van der Waals surface area contributed by atoms with E-state index in [0.29, 0.717) is 17.5 Å². The summed E-state index contributed by atoms with van der Waals surface area (Å²) in [6.45, 7) is 0. The molecule has 0 spiro atoms. The van der Waals surface area contributed by atoms with E-state index in [0.717, 1.165) is 49.8 Å². The Bertz CT molecular complexity index is 3840. The Hall–Kier alpha value is -7.95. The second kappa shape index (κ2) is 12.3. The van der Waals surface area contributed by atoms with Gasteiger partial charge in [0.2, 0.25) is 0 Å². The molecule has 0 bridgehead atoms. The highest BCUT2D eigenvalue weighted by Crippen LogP contribution is 2.45. The first kappa shape index (κ1) is 32.2. The fraction of sp³-hybridized carbons (Fsp3) is 0. The Kier molecular flexibility index (Phi) is 6.69. The molecule has 2 heterocycles. The van der Waals surface area contributed by atoms with Crippen LogP contribution >= 0.6 is 0 Å². The first-order valence-corrected chi connectivity index (χ1v) is 20.0. The van der Waals surface area contributed by atoms with Gasteiger partial charge in [0.05, 0.1) is 5.56 Å². The van der Waals surface area contributed by atoms with Crippen molar-refractivity contribution in [2.45, 2.75) is 0 Å². The molecule has 13 rings (SSSR count). The molecule has 0 amide bonds. The van der Waals surface area contributed by atoms with Crippen LogP contribution in [-0.2, 0) is 0 Å². The van der Waals surface area contributed by atoms with Gasteiger partial charge in [-0.2, -0.15) is 0 Å². The maximum atomic E-state index is 6.47. The molecule has 272 valence electrons. The van der Waals surface area contributed by atoms with Crippen LogP contribution in [0.1, 0.15) is 0 Å². The maximum absolute atomic E-state index is 6.47. The minimum atomic E-state index is 0.566. The summed E-state index contributed by atoms with van der Waals surface area (Å²) >= 11 is 0. The zero-order valence-corrected chi connectivity index (χ0v) is 31.6. The molecule has 59 heavy (non-hydrogen) atoms. The van der Waals surface area contributed by atoms with Crippen LogP contribution in [0.25, 0.3) is 132 Å². The summed E-state index contributed by atoms with van der Waals surface area (Å²) in [5.74, 6) is 1.77. The molecule has 0 aliphatic carbocycles. The Labute approximate surface area is 338 Å². The zero-order valence-electron chi connectivity index (χ0n) is 31.6. The van der Waals surface area contributed by atoms with Gasteiger partial charge in [0.15, 0.2) is 17.5 Å². The van der Waals surface area contributed by atoms with Gasteiger partial charge in [0, 0.05) is 21.9 Å². The van der Waals surface area contributed by atoms with E-state index in [1.54, 1.807) is 0 Å². The van der Waals surface area contributed by atoms with Gasteiger partial charge in [-0.25, -0.2) is 15.0 Å². The largest absolute Gasteiger partial charge is 0.455 e. The van der Waals surface area contributed by atoms with Crippen LogP contribution in [0.3, 0.4) is 0 Å². The topological polar surface area (TPSA) is 51.8 Å². The molecular formula is C55H31N3O. The number of benzene rings is 10. The average Bonchev–Trinajstić information content (AvgIpc) is 3.69. The Morgan fingerprint density at radius 2 is 0.797 bits per heavy atom. The van der Waals surface area contributed by atoms with Gasteiger partial charge in [0.25, 0.3) is 0 Å². The monoisotopic (exact) mass is 749 g/mol. The Balaban J connectivity index is 1.06. The number of fused-ring (bicyclic) bond motifs is 5. The third-order valence-electron chi connectivity index (χ3n) is 12.2. The van der Waals surface area contributed by atoms with Gasteiger partial charge in [-0.05, 0) is 106 Å². The number of furan rings is 1. The predicted molar refractivity (Wildman–Crippen MR) is 245 cm³/mol. The lowest BCUT2D eigenvalue weighted by atomic mass is 9.86. The van der Waals surface area contributed by atoms with Crippen LogP contribution in [-0.4, -0.2) is 15.0 Å². The fourth-order valence-electron chi connectivity index (χ4n) is 9.55. The van der Waals surface area contributed by atoms with Crippen LogP contribution < -0.4 is 0 Å². The summed E-state index contributed by atoms with van der Waals surface area (Å²) in [6.07, 6.45) is 0. The third-order valence-corrected chi connectivity index (χ3v) is 12.2. The van der Waals surface area contributed by atoms with E-state index in [1.165, 1.54) is 64.6 Å². The van der Waals surface area contributed by atoms with E-state index in [-0.39, 0.29) is 0 Å². The van der Waals surface area contributed by atoms with Gasteiger partial charge in [0.1, 0.15) is 11.2 Å². The Morgan fingerprint density at radius 1 is 0.288 bits per heavy atom. The lowest BCUT2D eigenvalue weighted by Crippen LogP contribution is -2.00. The van der Waals surface area contributed by atoms with Gasteiger partial charge in [-0.15, -0.1) is 0 Å². The van der Waals surface area contributed by atoms with Crippen molar-refractivity contribution in [3.05, 3.63) is 188 Å². The molecule has 0 atom stereocenters. The molecule has 0 saturated heterocycles. The molecule has 4 nitrogen and oxygen atoms in total. The zero-order chi connectivity index (χ0) is 38.6. The smallest absolute Gasteiger partial charge is 0.167 e. The molecule has 2 aromatic heterocycles. The van der Waals surface area contributed by atoms with Crippen molar-refractivity contribution in [1.29, 1.82) is 0 Å². The van der Waals surface area contributed by atoms with Crippen LogP contribution in [0.4, 0.5) is 0 Å². The van der Waals surface area contributed by atoms with Crippen molar-refractivity contribution in [2.24, 2.45) is 0 Å². The van der Waals surface area contributed by atoms with E-state index < -0.39 is 0 Å². The molecular weight excluding hydrogens is 719 g/mol. The molecule has 0 N–H and O–H groups in total. The van der Waals surface area contributed by atoms with E-state index in [4.69, 9.17) is 19.4 Å². The summed E-state index contributed by atoms with van der Waals surface area (Å²) < 4.78 is 6.47. The van der Waals surface area contributed by atoms with Crippen molar-refractivity contribution in [3.63, 3.8) is 0 Å². The van der Waals surface area contributed by atoms with Gasteiger partial charge < -0.3 is 4.42 Å². The quantitative estimate of drug-likeness (QED) is 0.168. The number of hydrogen-bond donors (Lipinski definition) is 0. The van der Waals surface area contributed by atoms with Crippen molar-refractivity contribution >= 4 is 86.6 Å². The van der Waals surface area contributed by atoms with E-state index >= 15 is 0 Å². The summed E-state index contributed by atoms with van der Waals surface area (Å²) in [4.78, 5) is 15.4. The predicted octanol–water partition coefficient (Wildman–Crippen LogP) is 14.8. The third kappa shape index (κ3) is 4.81. The molecule has 13 aromatic rings. The highest BCUT2D eigenvalue weighted by molar-refractivity contribution is 6.37. The Morgan fingerprint density at radius 3 is 1.53 bits per heavy atom. The fourth-order valence-corrected chi connectivity index (χ4v) is 9.55. The molecule has 0 saturated carbocycles. The normalized spacial score (nSPS) is 12.1. The highest BCUT2D eigenvalue weighted by atomic mass is 16.3. The van der Waals surface area contributed by atoms with Crippen LogP contribution in [0.15, 0.2) is 192 Å². The standard InChI is InChI=1S/C55H31N3O/c1-2-11-35(12-3-1)53-56-54(58-55(57-53)45-23-10-22-44-40-18-4-5-24-47(40)59-52(44)45)38-17-6-16-36(29-38)39-30-37-28-27-34-14-8-20-42-41-19-7-13-32-25-26-33-15-9-21-43(50(33)48(32)41)46(31-39)51(37)49(34)42/h1-31H. The van der Waals surface area contributed by atoms with Crippen LogP contribution in [0.2, 0.25) is 0 Å². The first-order chi connectivity index (χ1) is 29.2. The van der Waals surface area contributed by atoms with Crippen molar-refractivity contribution in [2.75, 3.05) is 0 Å². The van der Waals surface area contributed by atoms with Gasteiger partial charge >= 0.3 is 0 Å². The first-order valence-electron chi connectivity index (χ1n) is 20.0. The van der Waals surface area contributed by atoms with Gasteiger partial charge in [-0.3, -0.25) is 0 Å². The van der Waals surface area contributed by atoms with Crippen molar-refractivity contribution < 1.29 is 4.42 Å². The van der Waals surface area contributed by atoms with Crippen molar-refractivity contribution in [1.82, 2.24) is 15.0 Å². The molecule has 0 unspecified atom stereocenters. The number of nitrogens with zero attached hydrogens (tertiary/aromatic N) is 3. The second-order valence-corrected chi connectivity index (χ2v) is 15.5. The molecule has 0 radical (unpaired) electrons. The maximum Gasteiger partial charge on any atom is 0.167 e. The van der Waals surface area contributed by atoms with Crippen molar-refractivity contribution in [3.8, 4) is 45.3 Å². The molecule has 11 aromatic carbocycles. The molecule has 0 aliphatic heterocycles. The SMILES string of the molecule is c1ccc(-c2nc(-c3cccc(-c4cc5ccc6cccc7c8cccc9ccc%10cccc(c(c4)c5c67)c%10c98)c3)nc(-c3cccc4c3oc3ccccc34)n2)cc1. The summed E-state index contributed by atoms with van der Waals surface area (Å²) in [5, 5.41) is 17.3. The molecule has 4 heteroatoms. The van der Waals surface area contributed by atoms with E-state index in [1.807, 2.05) is 60.7 Å². The lowest BCUT2D eigenvalue weighted by Gasteiger charge is -2.17. The minimum absolute atomic E-state index is 0.566.